The first-order chi connectivity index (χ1) is 19.3. The zero-order valence-corrected chi connectivity index (χ0v) is 21.7. The predicted octanol–water partition coefficient (Wildman–Crippen LogP) is 7.92. The van der Waals surface area contributed by atoms with Crippen LogP contribution in [0.2, 0.25) is 0 Å². The van der Waals surface area contributed by atoms with E-state index in [1.165, 1.54) is 55.7 Å². The van der Waals surface area contributed by atoms with E-state index < -0.39 is 0 Å². The van der Waals surface area contributed by atoms with Crippen LogP contribution < -0.4 is 10.9 Å². The second-order valence-electron chi connectivity index (χ2n) is 10.8. The minimum atomic E-state index is 0.185. The highest BCUT2D eigenvalue weighted by molar-refractivity contribution is 5.99. The fraction of sp³-hybridized carbons (Fsp3) is 0.111. The average Bonchev–Trinajstić information content (AvgIpc) is 3.49. The van der Waals surface area contributed by atoms with Crippen LogP contribution in [0.5, 0.6) is 0 Å². The number of aromatic nitrogens is 1. The molecule has 8 rings (SSSR count). The lowest BCUT2D eigenvalue weighted by atomic mass is 9.86. The lowest BCUT2D eigenvalue weighted by Crippen LogP contribution is -2.38. The number of nitrogens with zero attached hydrogens (tertiary/aromatic N) is 2. The molecule has 39 heavy (non-hydrogen) atoms. The first-order valence-corrected chi connectivity index (χ1v) is 13.8. The van der Waals surface area contributed by atoms with Crippen LogP contribution in [-0.2, 0) is 6.42 Å². The van der Waals surface area contributed by atoms with Crippen molar-refractivity contribution < 1.29 is 0 Å². The molecule has 2 N–H and O–H groups in total. The molecule has 3 aliphatic rings. The quantitative estimate of drug-likeness (QED) is 0.254. The van der Waals surface area contributed by atoms with Crippen molar-refractivity contribution in [1.82, 2.24) is 4.57 Å². The van der Waals surface area contributed by atoms with Gasteiger partial charge in [-0.25, -0.2) is 5.84 Å². The standard InChI is InChI=1S/C36H29N3/c37-39-35-13-7-5-11-30(35)32-23-27(19-21-36(32)39)25-16-14-24(15-17-25)26-18-20-34-31(22-26)29-10-4-6-12-33(29)38(34)28-8-2-1-3-9-28/h1-17,19,21-23,32,36H,18,20,37H2. The van der Waals surface area contributed by atoms with Crippen molar-refractivity contribution in [2.24, 2.45) is 5.84 Å². The molecule has 3 heteroatoms. The van der Waals surface area contributed by atoms with Crippen LogP contribution in [0, 0.1) is 0 Å². The molecule has 188 valence electrons. The van der Waals surface area contributed by atoms with E-state index in [9.17, 15) is 0 Å². The number of anilines is 1. The molecule has 0 saturated carbocycles. The molecular formula is C36H29N3. The average molecular weight is 504 g/mol. The minimum Gasteiger partial charge on any atom is -0.313 e. The van der Waals surface area contributed by atoms with E-state index in [4.69, 9.17) is 5.84 Å². The maximum absolute atomic E-state index is 6.44. The summed E-state index contributed by atoms with van der Waals surface area (Å²) in [5.74, 6) is 6.72. The Labute approximate surface area is 228 Å². The van der Waals surface area contributed by atoms with Gasteiger partial charge in [-0.1, -0.05) is 97.1 Å². The summed E-state index contributed by atoms with van der Waals surface area (Å²) in [6, 6.07) is 37.3. The van der Waals surface area contributed by atoms with Crippen LogP contribution in [0.15, 0.2) is 121 Å². The van der Waals surface area contributed by atoms with Crippen LogP contribution in [0.4, 0.5) is 5.69 Å². The monoisotopic (exact) mass is 503 g/mol. The van der Waals surface area contributed by atoms with Crippen LogP contribution in [0.1, 0.15) is 40.3 Å². The van der Waals surface area contributed by atoms with Crippen LogP contribution in [0.25, 0.3) is 33.8 Å². The SMILES string of the molecule is NN1c2ccccc2C2C=C(c3ccc(C4=Cc5c(n(-c6ccccc6)c6ccccc56)CC4)cc3)C=CC21. The van der Waals surface area contributed by atoms with E-state index in [2.05, 4.69) is 132 Å². The normalized spacial score (nSPS) is 19.4. The summed E-state index contributed by atoms with van der Waals surface area (Å²) in [4.78, 5) is 0. The van der Waals surface area contributed by atoms with E-state index in [1.54, 1.807) is 0 Å². The van der Waals surface area contributed by atoms with Crippen LogP contribution in [-0.4, -0.2) is 10.6 Å². The van der Waals surface area contributed by atoms with Gasteiger partial charge in [0.05, 0.1) is 17.2 Å². The second kappa shape index (κ2) is 8.72. The van der Waals surface area contributed by atoms with Gasteiger partial charge in [-0.15, -0.1) is 0 Å². The molecule has 0 radical (unpaired) electrons. The van der Waals surface area contributed by atoms with Crippen LogP contribution in [0.3, 0.4) is 0 Å². The number of hydrogen-bond acceptors (Lipinski definition) is 2. The number of para-hydroxylation sites is 3. The Morgan fingerprint density at radius 1 is 0.718 bits per heavy atom. The third-order valence-electron chi connectivity index (χ3n) is 8.66. The van der Waals surface area contributed by atoms with Gasteiger partial charge in [0.1, 0.15) is 0 Å². The molecule has 2 atom stereocenters. The first kappa shape index (κ1) is 22.4. The lowest BCUT2D eigenvalue weighted by molar-refractivity contribution is 0.695. The minimum absolute atomic E-state index is 0.185. The number of benzene rings is 4. The molecule has 0 fully saturated rings. The molecular weight excluding hydrogens is 474 g/mol. The Morgan fingerprint density at radius 2 is 1.46 bits per heavy atom. The Hall–Kier alpha value is -4.60. The van der Waals surface area contributed by atoms with Crippen LogP contribution >= 0.6 is 0 Å². The Bertz CT molecular complexity index is 1820. The van der Waals surface area contributed by atoms with Gasteiger partial charge in [0.25, 0.3) is 0 Å². The maximum Gasteiger partial charge on any atom is 0.0740 e. The van der Waals surface area contributed by atoms with E-state index in [0.717, 1.165) is 18.5 Å². The number of fused-ring (bicyclic) bond motifs is 6. The molecule has 5 aromatic rings. The summed E-state index contributed by atoms with van der Waals surface area (Å²) < 4.78 is 2.44. The first-order valence-electron chi connectivity index (χ1n) is 13.8. The topological polar surface area (TPSA) is 34.2 Å². The molecule has 1 aliphatic heterocycles. The number of hydrazine groups is 1. The van der Waals surface area contributed by atoms with Crippen molar-refractivity contribution in [3.63, 3.8) is 0 Å². The lowest BCUT2D eigenvalue weighted by Gasteiger charge is -2.25. The molecule has 3 nitrogen and oxygen atoms in total. The van der Waals surface area contributed by atoms with E-state index >= 15 is 0 Å². The number of rotatable bonds is 3. The molecule has 0 amide bonds. The number of allylic oxidation sites excluding steroid dienone is 3. The molecule has 4 aromatic carbocycles. The summed E-state index contributed by atoms with van der Waals surface area (Å²) in [6.45, 7) is 0. The predicted molar refractivity (Wildman–Crippen MR) is 163 cm³/mol. The highest BCUT2D eigenvalue weighted by Crippen LogP contribution is 2.44. The molecule has 2 aliphatic carbocycles. The van der Waals surface area contributed by atoms with Gasteiger partial charge in [-0.2, -0.15) is 0 Å². The maximum atomic E-state index is 6.44. The molecule has 2 unspecified atom stereocenters. The highest BCUT2D eigenvalue weighted by Gasteiger charge is 2.35. The Morgan fingerprint density at radius 3 is 2.33 bits per heavy atom. The van der Waals surface area contributed by atoms with E-state index in [1.807, 2.05) is 5.01 Å². The molecule has 1 aromatic heterocycles. The van der Waals surface area contributed by atoms with E-state index in [-0.39, 0.29) is 12.0 Å². The third-order valence-corrected chi connectivity index (χ3v) is 8.66. The zero-order valence-electron chi connectivity index (χ0n) is 21.7. The van der Waals surface area contributed by atoms with Crippen molar-refractivity contribution in [1.29, 1.82) is 0 Å². The summed E-state index contributed by atoms with van der Waals surface area (Å²) in [5, 5.41) is 3.23. The number of nitrogens with two attached hydrogens (primary N) is 1. The summed E-state index contributed by atoms with van der Waals surface area (Å²) in [6.07, 6.45) is 11.3. The van der Waals surface area contributed by atoms with Gasteiger partial charge in [0.2, 0.25) is 0 Å². The fourth-order valence-electron chi connectivity index (χ4n) is 6.77. The third kappa shape index (κ3) is 3.47. The fourth-order valence-corrected chi connectivity index (χ4v) is 6.77. The summed E-state index contributed by atoms with van der Waals surface area (Å²) >= 11 is 0. The molecule has 2 heterocycles. The summed E-state index contributed by atoms with van der Waals surface area (Å²) in [5.41, 5.74) is 12.9. The molecule has 0 saturated heterocycles. The van der Waals surface area contributed by atoms with Crippen molar-refractivity contribution in [3.8, 4) is 5.69 Å². The van der Waals surface area contributed by atoms with Gasteiger partial charge in [-0.3, -0.25) is 0 Å². The van der Waals surface area contributed by atoms with Gasteiger partial charge in [0, 0.05) is 28.2 Å². The van der Waals surface area contributed by atoms with Gasteiger partial charge in [0.15, 0.2) is 0 Å². The zero-order chi connectivity index (χ0) is 25.9. The highest BCUT2D eigenvalue weighted by atomic mass is 15.4. The molecule has 0 bridgehead atoms. The van der Waals surface area contributed by atoms with Crippen molar-refractivity contribution >= 4 is 33.8 Å². The Balaban J connectivity index is 1.14. The summed E-state index contributed by atoms with van der Waals surface area (Å²) in [7, 11) is 0. The number of hydrogen-bond donors (Lipinski definition) is 1. The van der Waals surface area contributed by atoms with Crippen molar-refractivity contribution in [3.05, 3.63) is 149 Å². The van der Waals surface area contributed by atoms with E-state index in [0.29, 0.717) is 0 Å². The second-order valence-corrected chi connectivity index (χ2v) is 10.8. The van der Waals surface area contributed by atoms with Crippen molar-refractivity contribution in [2.75, 3.05) is 5.01 Å². The van der Waals surface area contributed by atoms with Gasteiger partial charge in [-0.05, 0) is 71.0 Å². The van der Waals surface area contributed by atoms with Gasteiger partial charge < -0.3 is 9.58 Å². The van der Waals surface area contributed by atoms with Crippen molar-refractivity contribution in [2.45, 2.75) is 24.8 Å². The van der Waals surface area contributed by atoms with Gasteiger partial charge >= 0.3 is 0 Å². The Kier molecular flexibility index (Phi) is 5.01. The smallest absolute Gasteiger partial charge is 0.0740 e. The molecule has 0 spiro atoms. The largest absolute Gasteiger partial charge is 0.313 e.